The van der Waals surface area contributed by atoms with Crippen molar-refractivity contribution in [1.29, 1.82) is 0 Å². The van der Waals surface area contributed by atoms with Gasteiger partial charge in [0.15, 0.2) is 0 Å². The van der Waals surface area contributed by atoms with E-state index < -0.39 is 0 Å². The summed E-state index contributed by atoms with van der Waals surface area (Å²) in [6, 6.07) is 11.0. The molecule has 3 heterocycles. The molecular formula is C22H25ClN4O3. The second-order valence-corrected chi connectivity index (χ2v) is 7.83. The Kier molecular flexibility index (Phi) is 6.22. The van der Waals surface area contributed by atoms with Crippen molar-refractivity contribution in [3.05, 3.63) is 69.2 Å². The van der Waals surface area contributed by atoms with Gasteiger partial charge in [0.2, 0.25) is 0 Å². The number of piperazine rings is 1. The molecule has 0 radical (unpaired) electrons. The minimum absolute atomic E-state index is 0.110. The SMILES string of the molecule is COc1ccc(OC)c(CN2CCN(Cc3cc(=O)n4cc(Cl)ccc4n3)CC2)c1. The van der Waals surface area contributed by atoms with Gasteiger partial charge in [-0.25, -0.2) is 4.98 Å². The van der Waals surface area contributed by atoms with Gasteiger partial charge in [0.1, 0.15) is 17.1 Å². The molecule has 3 aromatic rings. The summed E-state index contributed by atoms with van der Waals surface area (Å²) in [4.78, 5) is 21.7. The summed E-state index contributed by atoms with van der Waals surface area (Å²) in [5.41, 5.74) is 2.41. The van der Waals surface area contributed by atoms with Crippen LogP contribution in [0.1, 0.15) is 11.3 Å². The van der Waals surface area contributed by atoms with E-state index in [1.54, 1.807) is 38.6 Å². The molecule has 2 aromatic heterocycles. The molecule has 7 nitrogen and oxygen atoms in total. The van der Waals surface area contributed by atoms with E-state index in [1.807, 2.05) is 18.2 Å². The van der Waals surface area contributed by atoms with Crippen LogP contribution < -0.4 is 15.0 Å². The topological polar surface area (TPSA) is 59.3 Å². The minimum atomic E-state index is -0.110. The number of halogens is 1. The standard InChI is InChI=1S/C22H25ClN4O3/c1-29-19-4-5-20(30-2)16(11-19)13-25-7-9-26(10-8-25)15-18-12-22(28)27-14-17(23)3-6-21(27)24-18/h3-6,11-12,14H,7-10,13,15H2,1-2H3. The second-order valence-electron chi connectivity index (χ2n) is 7.39. The summed E-state index contributed by atoms with van der Waals surface area (Å²) in [6.07, 6.45) is 1.60. The van der Waals surface area contributed by atoms with E-state index in [4.69, 9.17) is 21.1 Å². The van der Waals surface area contributed by atoms with Gasteiger partial charge >= 0.3 is 0 Å². The summed E-state index contributed by atoms with van der Waals surface area (Å²) < 4.78 is 12.3. The van der Waals surface area contributed by atoms with Crippen LogP contribution >= 0.6 is 11.6 Å². The lowest BCUT2D eigenvalue weighted by Gasteiger charge is -2.34. The number of fused-ring (bicyclic) bond motifs is 1. The summed E-state index contributed by atoms with van der Waals surface area (Å²) in [7, 11) is 3.36. The summed E-state index contributed by atoms with van der Waals surface area (Å²) in [5, 5.41) is 0.517. The van der Waals surface area contributed by atoms with E-state index in [9.17, 15) is 4.79 Å². The maximum absolute atomic E-state index is 12.4. The zero-order valence-corrected chi connectivity index (χ0v) is 17.9. The first kappa shape index (κ1) is 20.7. The molecule has 0 bridgehead atoms. The molecule has 1 aliphatic rings. The lowest BCUT2D eigenvalue weighted by atomic mass is 10.1. The first-order chi connectivity index (χ1) is 14.6. The number of nitrogens with zero attached hydrogens (tertiary/aromatic N) is 4. The molecule has 0 unspecified atom stereocenters. The molecule has 1 saturated heterocycles. The van der Waals surface area contributed by atoms with E-state index in [1.165, 1.54) is 4.40 Å². The zero-order chi connectivity index (χ0) is 21.1. The van der Waals surface area contributed by atoms with Crippen molar-refractivity contribution in [2.75, 3.05) is 40.4 Å². The molecule has 0 atom stereocenters. The Balaban J connectivity index is 1.39. The van der Waals surface area contributed by atoms with Gasteiger partial charge in [-0.3, -0.25) is 19.0 Å². The number of aromatic nitrogens is 2. The third-order valence-corrected chi connectivity index (χ3v) is 5.63. The number of benzene rings is 1. The quantitative estimate of drug-likeness (QED) is 0.601. The van der Waals surface area contributed by atoms with Crippen LogP contribution in [0.5, 0.6) is 11.5 Å². The van der Waals surface area contributed by atoms with Crippen molar-refractivity contribution < 1.29 is 9.47 Å². The van der Waals surface area contributed by atoms with Crippen LogP contribution in [-0.2, 0) is 13.1 Å². The van der Waals surface area contributed by atoms with Crippen molar-refractivity contribution in [2.45, 2.75) is 13.1 Å². The maximum Gasteiger partial charge on any atom is 0.258 e. The molecule has 158 valence electrons. The van der Waals surface area contributed by atoms with Gasteiger partial charge in [-0.2, -0.15) is 0 Å². The number of methoxy groups -OCH3 is 2. The highest BCUT2D eigenvalue weighted by Crippen LogP contribution is 2.25. The van der Waals surface area contributed by atoms with Crippen molar-refractivity contribution in [3.63, 3.8) is 0 Å². The lowest BCUT2D eigenvalue weighted by molar-refractivity contribution is 0.120. The Morgan fingerprint density at radius 3 is 2.40 bits per heavy atom. The van der Waals surface area contributed by atoms with Crippen molar-refractivity contribution >= 4 is 17.2 Å². The predicted octanol–water partition coefficient (Wildman–Crippen LogP) is 2.68. The van der Waals surface area contributed by atoms with Crippen LogP contribution in [0.25, 0.3) is 5.65 Å². The molecule has 1 fully saturated rings. The number of rotatable bonds is 6. The molecule has 0 spiro atoms. The van der Waals surface area contributed by atoms with Gasteiger partial charge in [-0.15, -0.1) is 0 Å². The Morgan fingerprint density at radius 1 is 0.967 bits per heavy atom. The summed E-state index contributed by atoms with van der Waals surface area (Å²) >= 11 is 5.98. The van der Waals surface area contributed by atoms with Crippen LogP contribution in [0.15, 0.2) is 47.4 Å². The van der Waals surface area contributed by atoms with E-state index in [0.717, 1.165) is 55.5 Å². The molecule has 1 aromatic carbocycles. The Morgan fingerprint density at radius 2 is 1.70 bits per heavy atom. The number of ether oxygens (including phenoxy) is 2. The van der Waals surface area contributed by atoms with Crippen LogP contribution in [0.4, 0.5) is 0 Å². The Hall–Kier alpha value is -2.61. The highest BCUT2D eigenvalue weighted by atomic mass is 35.5. The highest BCUT2D eigenvalue weighted by Gasteiger charge is 2.19. The van der Waals surface area contributed by atoms with E-state index in [2.05, 4.69) is 14.8 Å². The largest absolute Gasteiger partial charge is 0.497 e. The lowest BCUT2D eigenvalue weighted by Crippen LogP contribution is -2.45. The molecule has 0 saturated carbocycles. The normalized spacial score (nSPS) is 15.4. The predicted molar refractivity (Wildman–Crippen MR) is 117 cm³/mol. The van der Waals surface area contributed by atoms with Crippen LogP contribution in [0.2, 0.25) is 5.02 Å². The average Bonchev–Trinajstić information content (AvgIpc) is 2.75. The van der Waals surface area contributed by atoms with E-state index in [0.29, 0.717) is 17.2 Å². The number of hydrogen-bond donors (Lipinski definition) is 0. The average molecular weight is 429 g/mol. The monoisotopic (exact) mass is 428 g/mol. The van der Waals surface area contributed by atoms with Crippen molar-refractivity contribution in [3.8, 4) is 11.5 Å². The zero-order valence-electron chi connectivity index (χ0n) is 17.2. The van der Waals surface area contributed by atoms with E-state index >= 15 is 0 Å². The van der Waals surface area contributed by atoms with Crippen LogP contribution in [-0.4, -0.2) is 59.6 Å². The Labute approximate surface area is 180 Å². The number of hydrogen-bond acceptors (Lipinski definition) is 6. The van der Waals surface area contributed by atoms with Crippen molar-refractivity contribution in [2.24, 2.45) is 0 Å². The van der Waals surface area contributed by atoms with Crippen LogP contribution in [0, 0.1) is 0 Å². The second kappa shape index (κ2) is 9.04. The fourth-order valence-corrected chi connectivity index (χ4v) is 3.95. The molecule has 0 N–H and O–H groups in total. The minimum Gasteiger partial charge on any atom is -0.497 e. The van der Waals surface area contributed by atoms with Gasteiger partial charge in [-0.05, 0) is 30.3 Å². The van der Waals surface area contributed by atoms with E-state index in [-0.39, 0.29) is 5.56 Å². The highest BCUT2D eigenvalue weighted by molar-refractivity contribution is 6.30. The third-order valence-electron chi connectivity index (χ3n) is 5.41. The van der Waals surface area contributed by atoms with Gasteiger partial charge in [0.25, 0.3) is 5.56 Å². The molecule has 4 rings (SSSR count). The van der Waals surface area contributed by atoms with Gasteiger partial charge in [-0.1, -0.05) is 11.6 Å². The first-order valence-corrected chi connectivity index (χ1v) is 10.3. The van der Waals surface area contributed by atoms with Gasteiger partial charge in [0, 0.05) is 57.1 Å². The molecule has 0 aliphatic carbocycles. The summed E-state index contributed by atoms with van der Waals surface area (Å²) in [6.45, 7) is 5.15. The molecule has 1 aliphatic heterocycles. The fraction of sp³-hybridized carbons (Fsp3) is 0.364. The smallest absolute Gasteiger partial charge is 0.258 e. The van der Waals surface area contributed by atoms with Crippen LogP contribution in [0.3, 0.4) is 0 Å². The number of pyridine rings is 1. The molecular weight excluding hydrogens is 404 g/mol. The molecule has 8 heteroatoms. The molecule has 30 heavy (non-hydrogen) atoms. The van der Waals surface area contributed by atoms with Crippen molar-refractivity contribution in [1.82, 2.24) is 19.2 Å². The summed E-state index contributed by atoms with van der Waals surface area (Å²) in [5.74, 6) is 1.71. The fourth-order valence-electron chi connectivity index (χ4n) is 3.79. The first-order valence-electron chi connectivity index (χ1n) is 9.89. The van der Waals surface area contributed by atoms with Gasteiger partial charge in [0.05, 0.1) is 24.9 Å². The Bertz CT molecular complexity index is 1090. The third kappa shape index (κ3) is 4.59. The maximum atomic E-state index is 12.4. The molecule has 0 amide bonds. The van der Waals surface area contributed by atoms with Gasteiger partial charge < -0.3 is 9.47 Å².